The molecule has 2 N–H and O–H groups in total. The van der Waals surface area contributed by atoms with E-state index in [1.54, 1.807) is 36.4 Å². The first-order chi connectivity index (χ1) is 15.9. The minimum Gasteiger partial charge on any atom is -0.497 e. The number of hydrogen-bond acceptors (Lipinski definition) is 6. The van der Waals surface area contributed by atoms with Gasteiger partial charge in [0.05, 0.1) is 24.8 Å². The fourth-order valence-electron chi connectivity index (χ4n) is 2.99. The lowest BCUT2D eigenvalue weighted by molar-refractivity contribution is -0.117. The zero-order valence-corrected chi connectivity index (χ0v) is 18.5. The molecule has 33 heavy (non-hydrogen) atoms. The molecule has 168 valence electrons. The van der Waals surface area contributed by atoms with E-state index in [0.717, 1.165) is 0 Å². The lowest BCUT2D eigenvalue weighted by atomic mass is 10.1. The highest BCUT2D eigenvalue weighted by molar-refractivity contribution is 6.33. The summed E-state index contributed by atoms with van der Waals surface area (Å²) in [5.41, 5.74) is 0.978. The number of hydrogen-bond donors (Lipinski definition) is 2. The lowest BCUT2D eigenvalue weighted by Gasteiger charge is -2.11. The van der Waals surface area contributed by atoms with Gasteiger partial charge < -0.3 is 24.3 Å². The molecule has 0 radical (unpaired) electrons. The third kappa shape index (κ3) is 5.53. The number of amides is 1. The summed E-state index contributed by atoms with van der Waals surface area (Å²) in [5.74, 6) is 0.0194. The van der Waals surface area contributed by atoms with Crippen molar-refractivity contribution in [3.05, 3.63) is 76.0 Å². The SMILES string of the molecule is COc1ccc(CNC(=O)/C(C#N)=C/c2ccc(-c3ccc(Cl)c(C(=O)O)c3)o2)c(OC)c1. The highest BCUT2D eigenvalue weighted by atomic mass is 35.5. The Balaban J connectivity index is 1.76. The van der Waals surface area contributed by atoms with E-state index in [1.807, 2.05) is 6.07 Å². The second-order valence-electron chi connectivity index (χ2n) is 6.73. The summed E-state index contributed by atoms with van der Waals surface area (Å²) in [7, 11) is 3.05. The van der Waals surface area contributed by atoms with Gasteiger partial charge in [-0.25, -0.2) is 4.79 Å². The van der Waals surface area contributed by atoms with Crippen LogP contribution in [-0.2, 0) is 11.3 Å². The number of carbonyl (C=O) groups is 2. The molecule has 0 aliphatic carbocycles. The van der Waals surface area contributed by atoms with Crippen molar-refractivity contribution >= 4 is 29.6 Å². The molecule has 2 aromatic carbocycles. The van der Waals surface area contributed by atoms with E-state index in [0.29, 0.717) is 28.4 Å². The van der Waals surface area contributed by atoms with Crippen LogP contribution in [0.5, 0.6) is 11.5 Å². The van der Waals surface area contributed by atoms with Crippen LogP contribution in [0.4, 0.5) is 0 Å². The number of nitriles is 1. The van der Waals surface area contributed by atoms with Gasteiger partial charge >= 0.3 is 5.97 Å². The average molecular weight is 467 g/mol. The Kier molecular flexibility index (Phi) is 7.38. The quantitative estimate of drug-likeness (QED) is 0.369. The second kappa shape index (κ2) is 10.4. The lowest BCUT2D eigenvalue weighted by Crippen LogP contribution is -2.24. The summed E-state index contributed by atoms with van der Waals surface area (Å²) in [6, 6.07) is 14.7. The largest absolute Gasteiger partial charge is 0.497 e. The Hall–Kier alpha value is -4.22. The Labute approximate surface area is 194 Å². The zero-order chi connectivity index (χ0) is 24.0. The van der Waals surface area contributed by atoms with Gasteiger partial charge in [-0.2, -0.15) is 5.26 Å². The molecule has 0 bridgehead atoms. The third-order valence-corrected chi connectivity index (χ3v) is 5.02. The van der Waals surface area contributed by atoms with Crippen LogP contribution in [0.3, 0.4) is 0 Å². The predicted octanol–water partition coefficient (Wildman–Crippen LogP) is 4.54. The number of furan rings is 1. The summed E-state index contributed by atoms with van der Waals surface area (Å²) in [5, 5.41) is 21.4. The van der Waals surface area contributed by atoms with Gasteiger partial charge in [0.2, 0.25) is 0 Å². The van der Waals surface area contributed by atoms with Crippen LogP contribution in [0.1, 0.15) is 21.7 Å². The third-order valence-electron chi connectivity index (χ3n) is 4.69. The van der Waals surface area contributed by atoms with Crippen molar-refractivity contribution in [2.75, 3.05) is 14.2 Å². The topological polar surface area (TPSA) is 122 Å². The molecule has 0 spiro atoms. The molecule has 0 saturated heterocycles. The number of carbonyl (C=O) groups excluding carboxylic acids is 1. The Bertz CT molecular complexity index is 1270. The van der Waals surface area contributed by atoms with Crippen LogP contribution in [0.15, 0.2) is 58.5 Å². The fraction of sp³-hybridized carbons (Fsp3) is 0.125. The number of nitrogens with zero attached hydrogens (tertiary/aromatic N) is 1. The minimum atomic E-state index is -1.16. The molecule has 3 aromatic rings. The van der Waals surface area contributed by atoms with Crippen molar-refractivity contribution in [1.82, 2.24) is 5.32 Å². The maximum Gasteiger partial charge on any atom is 0.337 e. The monoisotopic (exact) mass is 466 g/mol. The molecule has 1 aromatic heterocycles. The molecule has 0 saturated carbocycles. The van der Waals surface area contributed by atoms with Crippen molar-refractivity contribution in [1.29, 1.82) is 5.26 Å². The number of benzene rings is 2. The van der Waals surface area contributed by atoms with Gasteiger partial charge in [0.15, 0.2) is 0 Å². The van der Waals surface area contributed by atoms with E-state index in [1.165, 1.54) is 32.4 Å². The number of nitrogens with one attached hydrogen (secondary N) is 1. The van der Waals surface area contributed by atoms with Gasteiger partial charge in [-0.05, 0) is 42.5 Å². The number of methoxy groups -OCH3 is 2. The second-order valence-corrected chi connectivity index (χ2v) is 7.14. The van der Waals surface area contributed by atoms with E-state index in [-0.39, 0.29) is 28.5 Å². The number of halogens is 1. The smallest absolute Gasteiger partial charge is 0.337 e. The Morgan fingerprint density at radius 1 is 1.15 bits per heavy atom. The molecule has 0 aliphatic heterocycles. The summed E-state index contributed by atoms with van der Waals surface area (Å²) >= 11 is 5.90. The van der Waals surface area contributed by atoms with Gasteiger partial charge in [0.25, 0.3) is 5.91 Å². The summed E-state index contributed by atoms with van der Waals surface area (Å²) < 4.78 is 16.1. The van der Waals surface area contributed by atoms with Crippen molar-refractivity contribution in [2.45, 2.75) is 6.54 Å². The maximum absolute atomic E-state index is 12.5. The van der Waals surface area contributed by atoms with Crippen molar-refractivity contribution in [3.63, 3.8) is 0 Å². The molecule has 1 amide bonds. The van der Waals surface area contributed by atoms with Crippen LogP contribution in [0.25, 0.3) is 17.4 Å². The number of aromatic carboxylic acids is 1. The first-order valence-corrected chi connectivity index (χ1v) is 9.98. The Morgan fingerprint density at radius 2 is 1.94 bits per heavy atom. The van der Waals surface area contributed by atoms with E-state index in [2.05, 4.69) is 5.32 Å². The summed E-state index contributed by atoms with van der Waals surface area (Å²) in [4.78, 5) is 23.8. The van der Waals surface area contributed by atoms with Crippen molar-refractivity contribution < 1.29 is 28.6 Å². The summed E-state index contributed by atoms with van der Waals surface area (Å²) in [6.45, 7) is 0.136. The molecule has 0 fully saturated rings. The highest BCUT2D eigenvalue weighted by Crippen LogP contribution is 2.28. The molecule has 3 rings (SSSR count). The summed E-state index contributed by atoms with van der Waals surface area (Å²) in [6.07, 6.45) is 1.30. The molecular formula is C24H19ClN2O6. The number of rotatable bonds is 8. The van der Waals surface area contributed by atoms with E-state index >= 15 is 0 Å². The van der Waals surface area contributed by atoms with Gasteiger partial charge in [-0.3, -0.25) is 4.79 Å². The minimum absolute atomic E-state index is 0.0614. The molecule has 0 aliphatic rings. The average Bonchev–Trinajstić information content (AvgIpc) is 3.29. The standard InChI is InChI=1S/C24H19ClN2O6/c1-31-17-5-3-15(22(11-17)32-2)13-27-23(28)16(12-26)9-18-6-8-21(33-18)14-4-7-20(25)19(10-14)24(29)30/h3-11H,13H2,1-2H3,(H,27,28)(H,29,30)/b16-9+. The number of carboxylic acid groups (broad SMARTS) is 1. The van der Waals surface area contributed by atoms with Crippen LogP contribution in [0.2, 0.25) is 5.02 Å². The van der Waals surface area contributed by atoms with E-state index in [4.69, 9.17) is 25.5 Å². The molecule has 8 nitrogen and oxygen atoms in total. The van der Waals surface area contributed by atoms with Crippen LogP contribution in [-0.4, -0.2) is 31.2 Å². The molecule has 0 atom stereocenters. The highest BCUT2D eigenvalue weighted by Gasteiger charge is 2.15. The van der Waals surface area contributed by atoms with Gasteiger partial charge in [0.1, 0.15) is 34.7 Å². The van der Waals surface area contributed by atoms with Gasteiger partial charge in [0, 0.05) is 29.8 Å². The van der Waals surface area contributed by atoms with Gasteiger partial charge in [-0.15, -0.1) is 0 Å². The first-order valence-electron chi connectivity index (χ1n) is 9.60. The zero-order valence-electron chi connectivity index (χ0n) is 17.7. The number of carboxylic acids is 1. The van der Waals surface area contributed by atoms with Crippen molar-refractivity contribution in [3.8, 4) is 28.9 Å². The molecular weight excluding hydrogens is 448 g/mol. The van der Waals surface area contributed by atoms with Gasteiger partial charge in [-0.1, -0.05) is 11.6 Å². The maximum atomic E-state index is 12.5. The predicted molar refractivity (Wildman–Crippen MR) is 121 cm³/mol. The molecule has 9 heteroatoms. The van der Waals surface area contributed by atoms with Crippen molar-refractivity contribution in [2.24, 2.45) is 0 Å². The normalized spacial score (nSPS) is 10.9. The molecule has 0 unspecified atom stereocenters. The van der Waals surface area contributed by atoms with Crippen LogP contribution >= 0.6 is 11.6 Å². The van der Waals surface area contributed by atoms with Crippen LogP contribution in [0, 0.1) is 11.3 Å². The number of ether oxygens (including phenoxy) is 2. The fourth-order valence-corrected chi connectivity index (χ4v) is 3.19. The van der Waals surface area contributed by atoms with E-state index < -0.39 is 11.9 Å². The van der Waals surface area contributed by atoms with E-state index in [9.17, 15) is 20.0 Å². The first kappa shape index (κ1) is 23.4. The van der Waals surface area contributed by atoms with Crippen LogP contribution < -0.4 is 14.8 Å². The molecule has 1 heterocycles. The Morgan fingerprint density at radius 3 is 2.61 bits per heavy atom.